The summed E-state index contributed by atoms with van der Waals surface area (Å²) in [6.45, 7) is -0.0798. The summed E-state index contributed by atoms with van der Waals surface area (Å²) in [6.07, 6.45) is 4.28. The Morgan fingerprint density at radius 1 is 1.24 bits per heavy atom. The second kappa shape index (κ2) is 7.88. The monoisotopic (exact) mass is 293 g/mol. The highest BCUT2D eigenvalue weighted by Crippen LogP contribution is 2.25. The summed E-state index contributed by atoms with van der Waals surface area (Å²) < 4.78 is 10.6. The van der Waals surface area contributed by atoms with Crippen LogP contribution in [0.5, 0.6) is 11.5 Å². The Bertz CT molecular complexity index is 463. The first-order valence-electron chi connectivity index (χ1n) is 7.44. The second-order valence-corrected chi connectivity index (χ2v) is 5.32. The summed E-state index contributed by atoms with van der Waals surface area (Å²) in [7, 11) is 1.56. The van der Waals surface area contributed by atoms with Gasteiger partial charge in [-0.05, 0) is 25.0 Å². The predicted molar refractivity (Wildman–Crippen MR) is 79.5 cm³/mol. The Morgan fingerprint density at radius 3 is 2.71 bits per heavy atom. The molecule has 2 atom stereocenters. The molecule has 1 aliphatic carbocycles. The molecule has 0 heterocycles. The lowest BCUT2D eigenvalue weighted by atomic mass is 10.1. The number of nitrogens with one attached hydrogen (secondary N) is 1. The molecule has 0 radical (unpaired) electrons. The predicted octanol–water partition coefficient (Wildman–Crippen LogP) is 1.88. The molecule has 5 heteroatoms. The molecule has 0 aromatic heterocycles. The average molecular weight is 293 g/mol. The van der Waals surface area contributed by atoms with Crippen molar-refractivity contribution in [1.29, 1.82) is 0 Å². The van der Waals surface area contributed by atoms with Gasteiger partial charge in [0, 0.05) is 0 Å². The van der Waals surface area contributed by atoms with Gasteiger partial charge >= 0.3 is 0 Å². The van der Waals surface area contributed by atoms with Gasteiger partial charge in [0.2, 0.25) is 0 Å². The zero-order chi connectivity index (χ0) is 15.1. The van der Waals surface area contributed by atoms with Gasteiger partial charge in [-0.3, -0.25) is 4.79 Å². The summed E-state index contributed by atoms with van der Waals surface area (Å²) in [5, 5.41) is 12.9. The van der Waals surface area contributed by atoms with Crippen LogP contribution in [0.2, 0.25) is 0 Å². The van der Waals surface area contributed by atoms with Gasteiger partial charge in [0.1, 0.15) is 0 Å². The van der Waals surface area contributed by atoms with E-state index >= 15 is 0 Å². The van der Waals surface area contributed by atoms with Crippen LogP contribution in [0.1, 0.15) is 32.1 Å². The third-order valence-corrected chi connectivity index (χ3v) is 3.75. The molecule has 1 fully saturated rings. The van der Waals surface area contributed by atoms with E-state index in [4.69, 9.17) is 9.47 Å². The molecule has 116 valence electrons. The number of para-hydroxylation sites is 2. The minimum absolute atomic E-state index is 0.0798. The largest absolute Gasteiger partial charge is 0.493 e. The van der Waals surface area contributed by atoms with Crippen molar-refractivity contribution in [3.05, 3.63) is 24.3 Å². The number of ether oxygens (including phenoxy) is 2. The van der Waals surface area contributed by atoms with Crippen molar-refractivity contribution in [1.82, 2.24) is 5.32 Å². The number of carbonyl (C=O) groups excluding carboxylic acids is 1. The second-order valence-electron chi connectivity index (χ2n) is 5.32. The highest BCUT2D eigenvalue weighted by Gasteiger charge is 2.23. The normalized spacial score (nSPS) is 22.2. The van der Waals surface area contributed by atoms with Gasteiger partial charge in [0.05, 0.1) is 19.3 Å². The van der Waals surface area contributed by atoms with E-state index in [-0.39, 0.29) is 18.6 Å². The van der Waals surface area contributed by atoms with Crippen LogP contribution in [0.4, 0.5) is 0 Å². The first-order valence-corrected chi connectivity index (χ1v) is 7.44. The third kappa shape index (κ3) is 4.63. The van der Waals surface area contributed by atoms with Gasteiger partial charge in [0.15, 0.2) is 18.1 Å². The first-order chi connectivity index (χ1) is 10.2. The van der Waals surface area contributed by atoms with Crippen LogP contribution in [0.3, 0.4) is 0 Å². The van der Waals surface area contributed by atoms with Crippen LogP contribution in [-0.4, -0.2) is 36.9 Å². The fraction of sp³-hybridized carbons (Fsp3) is 0.562. The van der Waals surface area contributed by atoms with Crippen LogP contribution in [0.25, 0.3) is 0 Å². The number of hydrogen-bond donors (Lipinski definition) is 2. The number of carbonyl (C=O) groups is 1. The minimum atomic E-state index is -0.456. The first kappa shape index (κ1) is 15.6. The fourth-order valence-electron chi connectivity index (χ4n) is 2.59. The molecule has 2 N–H and O–H groups in total. The lowest BCUT2D eigenvalue weighted by Crippen LogP contribution is -2.44. The molecule has 1 saturated carbocycles. The smallest absolute Gasteiger partial charge is 0.258 e. The standard InChI is InChI=1S/C16H23NO4/c1-20-14-9-5-6-10-15(14)21-11-16(19)17-12-7-3-2-4-8-13(12)18/h5-6,9-10,12-13,18H,2-4,7-8,11H2,1H3,(H,17,19). The molecule has 5 nitrogen and oxygen atoms in total. The molecule has 1 amide bonds. The van der Waals surface area contributed by atoms with Crippen molar-refractivity contribution in [2.24, 2.45) is 0 Å². The van der Waals surface area contributed by atoms with E-state index < -0.39 is 6.10 Å². The number of benzene rings is 1. The summed E-state index contributed by atoms with van der Waals surface area (Å²) in [5.41, 5.74) is 0. The average Bonchev–Trinajstić information content (AvgIpc) is 2.70. The SMILES string of the molecule is COc1ccccc1OCC(=O)NC1CCCCCC1O. The van der Waals surface area contributed by atoms with Crippen molar-refractivity contribution in [2.45, 2.75) is 44.2 Å². The molecule has 0 saturated heterocycles. The van der Waals surface area contributed by atoms with Crippen molar-refractivity contribution in [2.75, 3.05) is 13.7 Å². The van der Waals surface area contributed by atoms with E-state index in [0.29, 0.717) is 11.5 Å². The van der Waals surface area contributed by atoms with Crippen LogP contribution >= 0.6 is 0 Å². The van der Waals surface area contributed by atoms with Crippen LogP contribution in [-0.2, 0) is 4.79 Å². The van der Waals surface area contributed by atoms with Gasteiger partial charge in [-0.2, -0.15) is 0 Å². The molecule has 0 spiro atoms. The van der Waals surface area contributed by atoms with E-state index in [9.17, 15) is 9.90 Å². The number of amides is 1. The molecular formula is C16H23NO4. The van der Waals surface area contributed by atoms with E-state index in [1.165, 1.54) is 0 Å². The quantitative estimate of drug-likeness (QED) is 0.814. The van der Waals surface area contributed by atoms with Crippen molar-refractivity contribution >= 4 is 5.91 Å². The Labute approximate surface area is 125 Å². The Balaban J connectivity index is 1.84. The number of aliphatic hydroxyl groups excluding tert-OH is 1. The number of rotatable bonds is 5. The third-order valence-electron chi connectivity index (χ3n) is 3.75. The van der Waals surface area contributed by atoms with Gasteiger partial charge in [0.25, 0.3) is 5.91 Å². The number of methoxy groups -OCH3 is 1. The van der Waals surface area contributed by atoms with E-state index in [1.807, 2.05) is 12.1 Å². The van der Waals surface area contributed by atoms with E-state index in [1.54, 1.807) is 19.2 Å². The summed E-state index contributed by atoms with van der Waals surface area (Å²) >= 11 is 0. The zero-order valence-electron chi connectivity index (χ0n) is 12.4. The molecule has 1 aromatic carbocycles. The van der Waals surface area contributed by atoms with Gasteiger partial charge in [-0.25, -0.2) is 0 Å². The summed E-state index contributed by atoms with van der Waals surface area (Å²) in [6, 6.07) is 7.04. The molecule has 21 heavy (non-hydrogen) atoms. The zero-order valence-corrected chi connectivity index (χ0v) is 12.4. The summed E-state index contributed by atoms with van der Waals surface area (Å²) in [5.74, 6) is 0.920. The lowest BCUT2D eigenvalue weighted by molar-refractivity contribution is -0.124. The maximum Gasteiger partial charge on any atom is 0.258 e. The van der Waals surface area contributed by atoms with Gasteiger partial charge < -0.3 is 19.9 Å². The van der Waals surface area contributed by atoms with Crippen molar-refractivity contribution < 1.29 is 19.4 Å². The minimum Gasteiger partial charge on any atom is -0.493 e. The van der Waals surface area contributed by atoms with Crippen LogP contribution in [0, 0.1) is 0 Å². The highest BCUT2D eigenvalue weighted by molar-refractivity contribution is 5.78. The van der Waals surface area contributed by atoms with E-state index in [0.717, 1.165) is 32.1 Å². The molecule has 0 bridgehead atoms. The van der Waals surface area contributed by atoms with Crippen molar-refractivity contribution in [3.63, 3.8) is 0 Å². The Hall–Kier alpha value is -1.75. The molecule has 2 rings (SSSR count). The van der Waals surface area contributed by atoms with Gasteiger partial charge in [-0.1, -0.05) is 31.4 Å². The lowest BCUT2D eigenvalue weighted by Gasteiger charge is -2.21. The fourth-order valence-corrected chi connectivity index (χ4v) is 2.59. The highest BCUT2D eigenvalue weighted by atomic mass is 16.5. The molecular weight excluding hydrogens is 270 g/mol. The molecule has 0 aliphatic heterocycles. The maximum absolute atomic E-state index is 12.0. The molecule has 2 unspecified atom stereocenters. The van der Waals surface area contributed by atoms with E-state index in [2.05, 4.69) is 5.32 Å². The summed E-state index contributed by atoms with van der Waals surface area (Å²) in [4.78, 5) is 12.0. The molecule has 1 aliphatic rings. The van der Waals surface area contributed by atoms with Crippen LogP contribution < -0.4 is 14.8 Å². The Kier molecular flexibility index (Phi) is 5.87. The topological polar surface area (TPSA) is 67.8 Å². The van der Waals surface area contributed by atoms with Gasteiger partial charge in [-0.15, -0.1) is 0 Å². The number of hydrogen-bond acceptors (Lipinski definition) is 4. The van der Waals surface area contributed by atoms with Crippen LogP contribution in [0.15, 0.2) is 24.3 Å². The number of aliphatic hydroxyl groups is 1. The van der Waals surface area contributed by atoms with Crippen molar-refractivity contribution in [3.8, 4) is 11.5 Å². The Morgan fingerprint density at radius 2 is 1.95 bits per heavy atom. The maximum atomic E-state index is 12.0. The molecule has 1 aromatic rings.